The quantitative estimate of drug-likeness (QED) is 0.528. The van der Waals surface area contributed by atoms with E-state index >= 15 is 0 Å². The average Bonchev–Trinajstić information content (AvgIpc) is 2.79. The molecule has 0 aliphatic heterocycles. The Morgan fingerprint density at radius 3 is 2.38 bits per heavy atom. The number of hydrogen-bond acceptors (Lipinski definition) is 3. The van der Waals surface area contributed by atoms with Gasteiger partial charge in [0.05, 0.1) is 0 Å². The van der Waals surface area contributed by atoms with E-state index in [-0.39, 0.29) is 17.4 Å². The molecule has 3 aromatic rings. The molecule has 4 heteroatoms. The fraction of sp³-hybridized carbons (Fsp3) is 0.429. The number of carbonyl (C=O) groups excluding carboxylic acids is 1. The van der Waals surface area contributed by atoms with Gasteiger partial charge < -0.3 is 10.2 Å². The van der Waals surface area contributed by atoms with E-state index in [1.54, 1.807) is 0 Å². The predicted molar refractivity (Wildman–Crippen MR) is 133 cm³/mol. The molecule has 0 spiro atoms. The number of rotatable bonds is 5. The van der Waals surface area contributed by atoms with Crippen molar-refractivity contribution in [1.29, 1.82) is 0 Å². The molecular weight excluding hydrogens is 394 g/mol. The van der Waals surface area contributed by atoms with Crippen LogP contribution in [0.25, 0.3) is 10.8 Å². The van der Waals surface area contributed by atoms with E-state index < -0.39 is 6.04 Å². The van der Waals surface area contributed by atoms with Gasteiger partial charge in [0.15, 0.2) is 0 Å². The SMILES string of the molecule is CN(c1ccc(C(C)(C)C)cc1)C(C(=O)NC1CCCCC1)c1cncc2ccccc12. The maximum Gasteiger partial charge on any atom is 0.247 e. The fourth-order valence-corrected chi connectivity index (χ4v) is 4.76. The van der Waals surface area contributed by atoms with E-state index in [1.165, 1.54) is 24.8 Å². The third-order valence-corrected chi connectivity index (χ3v) is 6.72. The molecule has 32 heavy (non-hydrogen) atoms. The van der Waals surface area contributed by atoms with E-state index in [4.69, 9.17) is 0 Å². The van der Waals surface area contributed by atoms with Crippen molar-refractivity contribution in [3.63, 3.8) is 0 Å². The van der Waals surface area contributed by atoms with Crippen LogP contribution in [0, 0.1) is 0 Å². The first-order valence-electron chi connectivity index (χ1n) is 11.8. The molecule has 168 valence electrons. The second-order valence-corrected chi connectivity index (χ2v) is 10.1. The Hall–Kier alpha value is -2.88. The lowest BCUT2D eigenvalue weighted by molar-refractivity contribution is -0.123. The molecule has 1 amide bonds. The first kappa shape index (κ1) is 22.3. The first-order valence-corrected chi connectivity index (χ1v) is 11.8. The summed E-state index contributed by atoms with van der Waals surface area (Å²) < 4.78 is 0. The molecule has 1 aromatic heterocycles. The fourth-order valence-electron chi connectivity index (χ4n) is 4.76. The van der Waals surface area contributed by atoms with Crippen LogP contribution in [0.4, 0.5) is 5.69 Å². The maximum atomic E-state index is 13.7. The van der Waals surface area contributed by atoms with Crippen molar-refractivity contribution >= 4 is 22.4 Å². The van der Waals surface area contributed by atoms with Crippen LogP contribution in [0.2, 0.25) is 0 Å². The van der Waals surface area contributed by atoms with Crippen LogP contribution < -0.4 is 10.2 Å². The Balaban J connectivity index is 1.72. The number of fused-ring (bicyclic) bond motifs is 1. The van der Waals surface area contributed by atoms with E-state index in [2.05, 4.69) is 72.4 Å². The highest BCUT2D eigenvalue weighted by atomic mass is 16.2. The molecule has 4 rings (SSSR count). The molecule has 1 fully saturated rings. The van der Waals surface area contributed by atoms with E-state index in [1.807, 2.05) is 31.6 Å². The van der Waals surface area contributed by atoms with Crippen LogP contribution in [-0.4, -0.2) is 24.0 Å². The van der Waals surface area contributed by atoms with Crippen molar-refractivity contribution in [3.05, 3.63) is 72.1 Å². The minimum atomic E-state index is -0.448. The zero-order valence-corrected chi connectivity index (χ0v) is 19.8. The Bertz CT molecular complexity index is 1060. The van der Waals surface area contributed by atoms with E-state index in [9.17, 15) is 4.79 Å². The zero-order chi connectivity index (χ0) is 22.7. The molecule has 4 nitrogen and oxygen atoms in total. The Kier molecular flexibility index (Phi) is 6.50. The Morgan fingerprint density at radius 1 is 1.00 bits per heavy atom. The number of nitrogens with zero attached hydrogens (tertiary/aromatic N) is 2. The van der Waals surface area contributed by atoms with Crippen molar-refractivity contribution in [2.75, 3.05) is 11.9 Å². The van der Waals surface area contributed by atoms with Gasteiger partial charge in [-0.15, -0.1) is 0 Å². The number of pyridine rings is 1. The van der Waals surface area contributed by atoms with Crippen molar-refractivity contribution in [3.8, 4) is 0 Å². The number of anilines is 1. The molecule has 1 unspecified atom stereocenters. The van der Waals surface area contributed by atoms with Crippen molar-refractivity contribution < 1.29 is 4.79 Å². The van der Waals surface area contributed by atoms with E-state index in [0.717, 1.165) is 34.9 Å². The lowest BCUT2D eigenvalue weighted by atomic mass is 9.87. The zero-order valence-electron chi connectivity index (χ0n) is 19.8. The maximum absolute atomic E-state index is 13.7. The average molecular weight is 430 g/mol. The van der Waals surface area contributed by atoms with Gasteiger partial charge in [-0.25, -0.2) is 0 Å². The second-order valence-electron chi connectivity index (χ2n) is 10.1. The van der Waals surface area contributed by atoms with Gasteiger partial charge in [-0.3, -0.25) is 9.78 Å². The van der Waals surface area contributed by atoms with Crippen molar-refractivity contribution in [1.82, 2.24) is 10.3 Å². The van der Waals surface area contributed by atoms with Gasteiger partial charge in [0, 0.05) is 42.1 Å². The van der Waals surface area contributed by atoms with Gasteiger partial charge >= 0.3 is 0 Å². The smallest absolute Gasteiger partial charge is 0.247 e. The highest BCUT2D eigenvalue weighted by molar-refractivity contribution is 5.94. The first-order chi connectivity index (χ1) is 15.3. The molecule has 1 heterocycles. The largest absolute Gasteiger partial charge is 0.359 e. The molecule has 1 aliphatic carbocycles. The monoisotopic (exact) mass is 429 g/mol. The normalized spacial score (nSPS) is 16.0. The van der Waals surface area contributed by atoms with Gasteiger partial charge in [0.25, 0.3) is 0 Å². The molecule has 2 aromatic carbocycles. The van der Waals surface area contributed by atoms with E-state index in [0.29, 0.717) is 0 Å². The predicted octanol–water partition coefficient (Wildman–Crippen LogP) is 6.16. The highest BCUT2D eigenvalue weighted by Gasteiger charge is 2.30. The van der Waals surface area contributed by atoms with Gasteiger partial charge in [-0.05, 0) is 41.3 Å². The van der Waals surface area contributed by atoms with Gasteiger partial charge in [0.2, 0.25) is 5.91 Å². The van der Waals surface area contributed by atoms with Crippen LogP contribution >= 0.6 is 0 Å². The standard InChI is InChI=1S/C28H35N3O/c1-28(2,3)21-14-16-23(17-15-21)31(4)26(27(32)30-22-11-6-5-7-12-22)25-19-29-18-20-10-8-9-13-24(20)25/h8-10,13-19,22,26H,5-7,11-12H2,1-4H3,(H,30,32). The summed E-state index contributed by atoms with van der Waals surface area (Å²) in [5, 5.41) is 5.49. The third kappa shape index (κ3) is 4.79. The molecule has 1 saturated carbocycles. The molecule has 1 aliphatic rings. The number of nitrogens with one attached hydrogen (secondary N) is 1. The van der Waals surface area contributed by atoms with Crippen LogP contribution in [0.5, 0.6) is 0 Å². The summed E-state index contributed by atoms with van der Waals surface area (Å²) in [5.74, 6) is 0.0532. The lowest BCUT2D eigenvalue weighted by Gasteiger charge is -2.33. The summed E-state index contributed by atoms with van der Waals surface area (Å²) in [6.45, 7) is 6.65. The Morgan fingerprint density at radius 2 is 1.69 bits per heavy atom. The third-order valence-electron chi connectivity index (χ3n) is 6.72. The molecule has 0 saturated heterocycles. The number of benzene rings is 2. The topological polar surface area (TPSA) is 45.2 Å². The highest BCUT2D eigenvalue weighted by Crippen LogP contribution is 2.32. The molecule has 0 bridgehead atoms. The molecule has 0 radical (unpaired) electrons. The molecule has 1 atom stereocenters. The summed E-state index contributed by atoms with van der Waals surface area (Å²) in [6.07, 6.45) is 9.50. The number of carbonyl (C=O) groups is 1. The molecule has 1 N–H and O–H groups in total. The summed E-state index contributed by atoms with van der Waals surface area (Å²) >= 11 is 0. The summed E-state index contributed by atoms with van der Waals surface area (Å²) in [5.41, 5.74) is 3.34. The van der Waals surface area contributed by atoms with Crippen LogP contribution in [0.15, 0.2) is 60.9 Å². The number of aromatic nitrogens is 1. The number of amides is 1. The van der Waals surface area contributed by atoms with Gasteiger partial charge in [-0.2, -0.15) is 0 Å². The number of likely N-dealkylation sites (N-methyl/N-ethyl adjacent to an activating group) is 1. The number of hydrogen-bond donors (Lipinski definition) is 1. The van der Waals surface area contributed by atoms with Crippen LogP contribution in [0.1, 0.15) is 70.0 Å². The Labute approximate surface area is 192 Å². The molecular formula is C28H35N3O. The summed E-state index contributed by atoms with van der Waals surface area (Å²) in [4.78, 5) is 20.3. The van der Waals surface area contributed by atoms with Crippen molar-refractivity contribution in [2.24, 2.45) is 0 Å². The van der Waals surface area contributed by atoms with Gasteiger partial charge in [0.1, 0.15) is 6.04 Å². The lowest BCUT2D eigenvalue weighted by Crippen LogP contribution is -2.44. The van der Waals surface area contributed by atoms with Crippen molar-refractivity contribution in [2.45, 2.75) is 70.4 Å². The summed E-state index contributed by atoms with van der Waals surface area (Å²) in [6, 6.07) is 16.6. The summed E-state index contributed by atoms with van der Waals surface area (Å²) in [7, 11) is 2.01. The minimum absolute atomic E-state index is 0.0532. The van der Waals surface area contributed by atoms with Crippen LogP contribution in [0.3, 0.4) is 0 Å². The van der Waals surface area contributed by atoms with Gasteiger partial charge in [-0.1, -0.05) is 76.4 Å². The van der Waals surface area contributed by atoms with Crippen LogP contribution in [-0.2, 0) is 10.2 Å². The second kappa shape index (κ2) is 9.32. The minimum Gasteiger partial charge on any atom is -0.359 e.